The Morgan fingerprint density at radius 2 is 1.77 bits per heavy atom. The molecule has 0 saturated heterocycles. The van der Waals surface area contributed by atoms with E-state index in [1.165, 1.54) is 10.7 Å². The van der Waals surface area contributed by atoms with Crippen LogP contribution in [0.25, 0.3) is 5.69 Å². The summed E-state index contributed by atoms with van der Waals surface area (Å²) in [6, 6.07) is 8.70. The summed E-state index contributed by atoms with van der Waals surface area (Å²) in [5, 5.41) is 45.6. The predicted octanol–water partition coefficient (Wildman–Crippen LogP) is 2.05. The third-order valence-corrected chi connectivity index (χ3v) is 4.69. The van der Waals surface area contributed by atoms with Crippen LogP contribution in [0.4, 0.5) is 17.1 Å². The van der Waals surface area contributed by atoms with E-state index in [0.29, 0.717) is 16.9 Å². The van der Waals surface area contributed by atoms with Gasteiger partial charge in [0.2, 0.25) is 5.69 Å². The lowest BCUT2D eigenvalue weighted by molar-refractivity contribution is -0.546. The lowest BCUT2D eigenvalue weighted by Gasteiger charge is -2.12. The summed E-state index contributed by atoms with van der Waals surface area (Å²) in [5.74, 6) is -0.323. The standard InChI is InChI=1S/C19H18N6O5/c1-11-4-5-14(8-12(11)2)23-19(26)16(13(3)22-23)10-20-21-17-7-6-15(24(27)28)9-18(17)25(29)30/h4-9,26H,10H2,1-3H3. The molecule has 0 radical (unpaired) electrons. The van der Waals surface area contributed by atoms with Gasteiger partial charge in [-0.05, 0) is 55.2 Å². The van der Waals surface area contributed by atoms with Crippen LogP contribution >= 0.6 is 0 Å². The highest BCUT2D eigenvalue weighted by molar-refractivity contribution is 5.61. The van der Waals surface area contributed by atoms with Gasteiger partial charge >= 0.3 is 5.69 Å². The number of azo groups is 1. The molecule has 154 valence electrons. The molecule has 0 saturated carbocycles. The van der Waals surface area contributed by atoms with E-state index in [1.54, 1.807) is 13.0 Å². The van der Waals surface area contributed by atoms with Gasteiger partial charge in [0.25, 0.3) is 5.69 Å². The predicted molar refractivity (Wildman–Crippen MR) is 104 cm³/mol. The van der Waals surface area contributed by atoms with Crippen molar-refractivity contribution in [2.45, 2.75) is 27.3 Å². The van der Waals surface area contributed by atoms with E-state index < -0.39 is 21.2 Å². The summed E-state index contributed by atoms with van der Waals surface area (Å²) in [6.07, 6.45) is 0. The van der Waals surface area contributed by atoms with E-state index in [2.05, 4.69) is 15.3 Å². The van der Waals surface area contributed by atoms with Crippen molar-refractivity contribution in [2.24, 2.45) is 5.11 Å². The Bertz CT molecular complexity index is 1180. The molecule has 0 unspecified atom stereocenters. The third kappa shape index (κ3) is 3.99. The van der Waals surface area contributed by atoms with Gasteiger partial charge in [-0.25, -0.2) is 4.68 Å². The Morgan fingerprint density at radius 1 is 1.03 bits per heavy atom. The average molecular weight is 410 g/mol. The molecule has 0 aliphatic rings. The number of nitrogens with zero attached hydrogens (tertiary/aromatic N) is 5. The van der Waals surface area contributed by atoms with Crippen molar-refractivity contribution in [1.29, 1.82) is 0 Å². The molecule has 0 amide bonds. The molecule has 0 bridgehead atoms. The first-order chi connectivity index (χ1) is 14.2. The number of rotatable bonds is 6. The van der Waals surface area contributed by atoms with Crippen LogP contribution in [-0.2, 0) is 6.54 Å². The summed E-state index contributed by atoms with van der Waals surface area (Å²) in [5.41, 5.74) is 2.62. The molecule has 0 atom stereocenters. The van der Waals surface area contributed by atoms with Gasteiger partial charge in [-0.15, -0.1) is 5.11 Å². The van der Waals surface area contributed by atoms with Gasteiger partial charge in [-0.3, -0.25) is 20.2 Å². The Labute approximate surface area is 170 Å². The third-order valence-electron chi connectivity index (χ3n) is 4.69. The average Bonchev–Trinajstić information content (AvgIpc) is 2.98. The summed E-state index contributed by atoms with van der Waals surface area (Å²) in [7, 11) is 0. The van der Waals surface area contributed by atoms with Crippen molar-refractivity contribution < 1.29 is 20.1 Å². The molecule has 3 aromatic rings. The summed E-state index contributed by atoms with van der Waals surface area (Å²) in [4.78, 5) is 20.5. The second-order valence-electron chi connectivity index (χ2n) is 6.68. The SMILES string of the molecule is Cc1ccc(-n2nc(C)c(C[NH+]=Nc3ccc([N+](=O)[O-])cc3[N+](=O)[O-])c2[O-])cc1C. The molecule has 0 fully saturated rings. The van der Waals surface area contributed by atoms with Crippen LogP contribution in [0.3, 0.4) is 0 Å². The minimum atomic E-state index is -0.754. The number of hydrogen-bond acceptors (Lipinski definition) is 7. The van der Waals surface area contributed by atoms with E-state index in [4.69, 9.17) is 0 Å². The van der Waals surface area contributed by atoms with Crippen LogP contribution in [0.2, 0.25) is 0 Å². The van der Waals surface area contributed by atoms with Crippen LogP contribution in [0.15, 0.2) is 41.5 Å². The van der Waals surface area contributed by atoms with Crippen LogP contribution in [-0.4, -0.2) is 19.6 Å². The maximum atomic E-state index is 12.8. The molecule has 0 aliphatic carbocycles. The zero-order chi connectivity index (χ0) is 22.0. The number of nitrogens with one attached hydrogen (secondary N) is 1. The minimum absolute atomic E-state index is 0.0103. The van der Waals surface area contributed by atoms with Crippen molar-refractivity contribution in [1.82, 2.24) is 9.78 Å². The summed E-state index contributed by atoms with van der Waals surface area (Å²) < 4.78 is 1.30. The fourth-order valence-electron chi connectivity index (χ4n) is 2.84. The number of non-ortho nitro benzene ring substituents is 1. The highest BCUT2D eigenvalue weighted by atomic mass is 16.6. The van der Waals surface area contributed by atoms with Crippen LogP contribution < -0.4 is 10.2 Å². The monoisotopic (exact) mass is 410 g/mol. The molecular formula is C19H18N6O5. The Hall–Kier alpha value is -4.15. The van der Waals surface area contributed by atoms with Crippen molar-refractivity contribution >= 4 is 17.1 Å². The van der Waals surface area contributed by atoms with Crippen molar-refractivity contribution in [3.63, 3.8) is 0 Å². The molecule has 1 aromatic heterocycles. The smallest absolute Gasteiger partial charge is 0.307 e. The van der Waals surface area contributed by atoms with E-state index in [-0.39, 0.29) is 18.1 Å². The molecule has 0 aliphatic heterocycles. The lowest BCUT2D eigenvalue weighted by Crippen LogP contribution is -2.63. The molecule has 3 rings (SSSR count). The zero-order valence-corrected chi connectivity index (χ0v) is 16.4. The Kier molecular flexibility index (Phi) is 5.54. The van der Waals surface area contributed by atoms with Gasteiger partial charge < -0.3 is 5.11 Å². The maximum absolute atomic E-state index is 12.8. The number of nitro groups is 2. The number of aromatic nitrogens is 2. The first kappa shape index (κ1) is 20.6. The largest absolute Gasteiger partial charge is 0.858 e. The van der Waals surface area contributed by atoms with Gasteiger partial charge in [0, 0.05) is 11.9 Å². The van der Waals surface area contributed by atoms with Gasteiger partial charge in [0.15, 0.2) is 6.54 Å². The minimum Gasteiger partial charge on any atom is -0.858 e. The molecule has 1 N–H and O–H groups in total. The maximum Gasteiger partial charge on any atom is 0.307 e. The van der Waals surface area contributed by atoms with Crippen molar-refractivity contribution in [3.05, 3.63) is 79.0 Å². The quantitative estimate of drug-likeness (QED) is 0.373. The van der Waals surface area contributed by atoms with Crippen LogP contribution in [0, 0.1) is 41.0 Å². The molecule has 30 heavy (non-hydrogen) atoms. The van der Waals surface area contributed by atoms with Crippen LogP contribution in [0.5, 0.6) is 5.88 Å². The zero-order valence-electron chi connectivity index (χ0n) is 16.4. The van der Waals surface area contributed by atoms with E-state index in [9.17, 15) is 25.3 Å². The molecular weight excluding hydrogens is 392 g/mol. The number of benzene rings is 2. The number of nitro benzene ring substituents is 2. The van der Waals surface area contributed by atoms with Crippen LogP contribution in [0.1, 0.15) is 22.4 Å². The molecule has 2 aromatic carbocycles. The molecule has 11 nitrogen and oxygen atoms in total. The topological polar surface area (TPSA) is 153 Å². The molecule has 11 heteroatoms. The van der Waals surface area contributed by atoms with Gasteiger partial charge in [0.05, 0.1) is 32.9 Å². The molecule has 0 spiro atoms. The fraction of sp³-hybridized carbons (Fsp3) is 0.211. The van der Waals surface area contributed by atoms with Crippen molar-refractivity contribution in [3.8, 4) is 11.6 Å². The lowest BCUT2D eigenvalue weighted by atomic mass is 10.1. The number of hydrogen-bond donors (Lipinski definition) is 1. The van der Waals surface area contributed by atoms with E-state index in [1.807, 2.05) is 26.0 Å². The fourth-order valence-corrected chi connectivity index (χ4v) is 2.84. The number of aryl methyl sites for hydroxylation is 3. The Balaban J connectivity index is 1.89. The second kappa shape index (κ2) is 8.07. The first-order valence-corrected chi connectivity index (χ1v) is 8.88. The highest BCUT2D eigenvalue weighted by Gasteiger charge is 2.21. The van der Waals surface area contributed by atoms with Gasteiger partial charge in [-0.2, -0.15) is 5.10 Å². The highest BCUT2D eigenvalue weighted by Crippen LogP contribution is 2.30. The first-order valence-electron chi connectivity index (χ1n) is 8.88. The van der Waals surface area contributed by atoms with Gasteiger partial charge in [-0.1, -0.05) is 6.07 Å². The van der Waals surface area contributed by atoms with Crippen molar-refractivity contribution in [2.75, 3.05) is 0 Å². The molecule has 1 heterocycles. The second-order valence-corrected chi connectivity index (χ2v) is 6.68. The normalized spacial score (nSPS) is 11.2. The summed E-state index contributed by atoms with van der Waals surface area (Å²) >= 11 is 0. The van der Waals surface area contributed by atoms with E-state index in [0.717, 1.165) is 23.3 Å². The van der Waals surface area contributed by atoms with E-state index >= 15 is 0 Å². The summed E-state index contributed by atoms with van der Waals surface area (Å²) in [6.45, 7) is 5.59. The Morgan fingerprint density at radius 3 is 2.40 bits per heavy atom. The van der Waals surface area contributed by atoms with Gasteiger partial charge in [0.1, 0.15) is 0 Å².